The third-order valence-electron chi connectivity index (χ3n) is 4.46. The summed E-state index contributed by atoms with van der Waals surface area (Å²) in [6.07, 6.45) is 6.55. The Balaban J connectivity index is 1.62. The maximum atomic E-state index is 11.8. The molecule has 0 atom stereocenters. The van der Waals surface area contributed by atoms with Crippen molar-refractivity contribution in [2.24, 2.45) is 0 Å². The molecule has 116 valence electrons. The molecular formula is C15H29N3O2. The summed E-state index contributed by atoms with van der Waals surface area (Å²) in [6.45, 7) is 6.40. The van der Waals surface area contributed by atoms with Crippen molar-refractivity contribution < 1.29 is 9.53 Å². The van der Waals surface area contributed by atoms with Gasteiger partial charge in [0.15, 0.2) is 0 Å². The van der Waals surface area contributed by atoms with Gasteiger partial charge in [-0.2, -0.15) is 0 Å². The zero-order chi connectivity index (χ0) is 14.2. The van der Waals surface area contributed by atoms with Crippen LogP contribution in [0.4, 0.5) is 0 Å². The van der Waals surface area contributed by atoms with Crippen LogP contribution in [0.3, 0.4) is 0 Å². The Labute approximate surface area is 122 Å². The van der Waals surface area contributed by atoms with E-state index in [2.05, 4.69) is 15.1 Å². The molecule has 0 spiro atoms. The van der Waals surface area contributed by atoms with Crippen molar-refractivity contribution in [2.75, 3.05) is 53.0 Å². The molecule has 2 saturated heterocycles. The number of nitrogens with zero attached hydrogens (tertiary/aromatic N) is 2. The molecule has 20 heavy (non-hydrogen) atoms. The summed E-state index contributed by atoms with van der Waals surface area (Å²) in [5, 5.41) is 2.89. The highest BCUT2D eigenvalue weighted by Gasteiger charge is 2.26. The molecule has 0 bridgehead atoms. The summed E-state index contributed by atoms with van der Waals surface area (Å²) in [5.41, 5.74) is 0. The lowest BCUT2D eigenvalue weighted by Gasteiger charge is -2.40. The van der Waals surface area contributed by atoms with Crippen LogP contribution in [-0.4, -0.2) is 74.7 Å². The molecule has 0 aromatic carbocycles. The summed E-state index contributed by atoms with van der Waals surface area (Å²) in [4.78, 5) is 16.7. The Morgan fingerprint density at radius 1 is 1.15 bits per heavy atom. The van der Waals surface area contributed by atoms with E-state index in [1.165, 1.54) is 45.2 Å². The highest BCUT2D eigenvalue weighted by molar-refractivity contribution is 5.77. The van der Waals surface area contributed by atoms with Crippen LogP contribution in [-0.2, 0) is 9.53 Å². The van der Waals surface area contributed by atoms with Gasteiger partial charge >= 0.3 is 0 Å². The number of methoxy groups -OCH3 is 1. The number of likely N-dealkylation sites (tertiary alicyclic amines) is 2. The Kier molecular flexibility index (Phi) is 6.76. The lowest BCUT2D eigenvalue weighted by molar-refractivity contribution is -0.122. The van der Waals surface area contributed by atoms with E-state index in [9.17, 15) is 4.79 Å². The van der Waals surface area contributed by atoms with Gasteiger partial charge in [0.2, 0.25) is 5.91 Å². The normalized spacial score (nSPS) is 22.9. The van der Waals surface area contributed by atoms with E-state index in [0.717, 1.165) is 19.1 Å². The number of carbonyl (C=O) groups is 1. The Hall–Kier alpha value is -0.650. The maximum Gasteiger partial charge on any atom is 0.234 e. The fourth-order valence-electron chi connectivity index (χ4n) is 3.28. The second-order valence-electron chi connectivity index (χ2n) is 5.95. The van der Waals surface area contributed by atoms with Crippen molar-refractivity contribution in [1.82, 2.24) is 15.1 Å². The maximum absolute atomic E-state index is 11.8. The minimum atomic E-state index is 0.124. The van der Waals surface area contributed by atoms with Crippen molar-refractivity contribution in [3.8, 4) is 0 Å². The first-order chi connectivity index (χ1) is 9.79. The van der Waals surface area contributed by atoms with Crippen molar-refractivity contribution in [2.45, 2.75) is 38.1 Å². The molecule has 1 N–H and O–H groups in total. The number of carbonyl (C=O) groups excluding carboxylic acids is 1. The number of rotatable bonds is 6. The Morgan fingerprint density at radius 3 is 2.50 bits per heavy atom. The monoisotopic (exact) mass is 283 g/mol. The smallest absolute Gasteiger partial charge is 0.234 e. The van der Waals surface area contributed by atoms with Gasteiger partial charge < -0.3 is 15.0 Å². The van der Waals surface area contributed by atoms with E-state index in [-0.39, 0.29) is 5.91 Å². The van der Waals surface area contributed by atoms with Crippen LogP contribution in [0.15, 0.2) is 0 Å². The highest BCUT2D eigenvalue weighted by Crippen LogP contribution is 2.20. The third-order valence-corrected chi connectivity index (χ3v) is 4.46. The van der Waals surface area contributed by atoms with Gasteiger partial charge in [0, 0.05) is 32.8 Å². The number of amides is 1. The van der Waals surface area contributed by atoms with Crippen LogP contribution < -0.4 is 5.32 Å². The van der Waals surface area contributed by atoms with Gasteiger partial charge in [0.25, 0.3) is 0 Å². The predicted molar refractivity (Wildman–Crippen MR) is 79.8 cm³/mol. The molecule has 5 nitrogen and oxygen atoms in total. The molecule has 0 radical (unpaired) electrons. The zero-order valence-electron chi connectivity index (χ0n) is 12.8. The lowest BCUT2D eigenvalue weighted by atomic mass is 10.00. The second kappa shape index (κ2) is 8.60. The predicted octanol–water partition coefficient (Wildman–Crippen LogP) is 0.699. The molecule has 0 unspecified atom stereocenters. The molecule has 2 fully saturated rings. The second-order valence-corrected chi connectivity index (χ2v) is 5.95. The summed E-state index contributed by atoms with van der Waals surface area (Å²) in [7, 11) is 1.65. The minimum absolute atomic E-state index is 0.124. The van der Waals surface area contributed by atoms with Crippen LogP contribution in [0, 0.1) is 0 Å². The van der Waals surface area contributed by atoms with E-state index in [1.54, 1.807) is 7.11 Å². The van der Waals surface area contributed by atoms with Crippen LogP contribution >= 0.6 is 0 Å². The zero-order valence-corrected chi connectivity index (χ0v) is 12.8. The van der Waals surface area contributed by atoms with Gasteiger partial charge in [-0.1, -0.05) is 6.42 Å². The molecular weight excluding hydrogens is 254 g/mol. The molecule has 0 aromatic rings. The van der Waals surface area contributed by atoms with Crippen LogP contribution in [0.25, 0.3) is 0 Å². The summed E-state index contributed by atoms with van der Waals surface area (Å²) >= 11 is 0. The van der Waals surface area contributed by atoms with Crippen molar-refractivity contribution >= 4 is 5.91 Å². The summed E-state index contributed by atoms with van der Waals surface area (Å²) < 4.78 is 4.93. The van der Waals surface area contributed by atoms with Crippen molar-refractivity contribution in [1.29, 1.82) is 0 Å². The van der Waals surface area contributed by atoms with E-state index < -0.39 is 0 Å². The number of ether oxygens (including phenoxy) is 1. The van der Waals surface area contributed by atoms with E-state index >= 15 is 0 Å². The first kappa shape index (κ1) is 15.7. The number of hydrogen-bond acceptors (Lipinski definition) is 4. The van der Waals surface area contributed by atoms with Crippen LogP contribution in [0.5, 0.6) is 0 Å². The standard InChI is InChI=1S/C15H29N3O2/c1-20-12-7-16-15(19)13-17-10-5-14(6-11-17)18-8-3-2-4-9-18/h14H,2-13H2,1H3,(H,16,19). The fourth-order valence-corrected chi connectivity index (χ4v) is 3.28. The highest BCUT2D eigenvalue weighted by atomic mass is 16.5. The van der Waals surface area contributed by atoms with Crippen LogP contribution in [0.2, 0.25) is 0 Å². The molecule has 2 heterocycles. The van der Waals surface area contributed by atoms with E-state index in [1.807, 2.05) is 0 Å². The van der Waals surface area contributed by atoms with Gasteiger partial charge in [0.1, 0.15) is 0 Å². The Bertz CT molecular complexity index is 285. The number of hydrogen-bond donors (Lipinski definition) is 1. The third kappa shape index (κ3) is 5.04. The molecule has 2 aliphatic rings. The first-order valence-corrected chi connectivity index (χ1v) is 8.01. The average Bonchev–Trinajstić information content (AvgIpc) is 2.49. The van der Waals surface area contributed by atoms with E-state index in [0.29, 0.717) is 19.7 Å². The summed E-state index contributed by atoms with van der Waals surface area (Å²) in [5.74, 6) is 0.124. The quantitative estimate of drug-likeness (QED) is 0.729. The van der Waals surface area contributed by atoms with Gasteiger partial charge in [-0.25, -0.2) is 0 Å². The average molecular weight is 283 g/mol. The van der Waals surface area contributed by atoms with Crippen molar-refractivity contribution in [3.05, 3.63) is 0 Å². The number of piperidine rings is 2. The van der Waals surface area contributed by atoms with Gasteiger partial charge in [0.05, 0.1) is 13.2 Å². The van der Waals surface area contributed by atoms with Crippen molar-refractivity contribution in [3.63, 3.8) is 0 Å². The molecule has 0 aliphatic carbocycles. The van der Waals surface area contributed by atoms with E-state index in [4.69, 9.17) is 4.74 Å². The van der Waals surface area contributed by atoms with Gasteiger partial charge in [-0.3, -0.25) is 9.69 Å². The molecule has 5 heteroatoms. The molecule has 2 rings (SSSR count). The molecule has 2 aliphatic heterocycles. The molecule has 0 aromatic heterocycles. The lowest BCUT2D eigenvalue weighted by Crippen LogP contribution is -2.48. The minimum Gasteiger partial charge on any atom is -0.383 e. The number of nitrogens with one attached hydrogen (secondary N) is 1. The van der Waals surface area contributed by atoms with Gasteiger partial charge in [-0.15, -0.1) is 0 Å². The molecule has 1 amide bonds. The van der Waals surface area contributed by atoms with Gasteiger partial charge in [-0.05, 0) is 38.8 Å². The topological polar surface area (TPSA) is 44.8 Å². The first-order valence-electron chi connectivity index (χ1n) is 8.01. The Morgan fingerprint density at radius 2 is 1.85 bits per heavy atom. The SMILES string of the molecule is COCCNC(=O)CN1CCC(N2CCCCC2)CC1. The fraction of sp³-hybridized carbons (Fsp3) is 0.933. The van der Waals surface area contributed by atoms with Crippen LogP contribution in [0.1, 0.15) is 32.1 Å². The molecule has 0 saturated carbocycles. The summed E-state index contributed by atoms with van der Waals surface area (Å²) in [6, 6.07) is 0.753. The largest absolute Gasteiger partial charge is 0.383 e.